The Hall–Kier alpha value is -0.570. The van der Waals surface area contributed by atoms with Crippen molar-refractivity contribution in [2.24, 2.45) is 0 Å². The number of hydrogen-bond donors (Lipinski definition) is 0. The minimum absolute atomic E-state index is 0.972. The standard InChI is InChI=1S/C9H22N.C2H4O2/c1-5-8-10(4,7-3)9-6-2;1-2(3)4/h5-9H2,1-4H3;1H3,(H,3,4)/q+1;/p-1. The second-order valence-corrected chi connectivity index (χ2v) is 3.87. The Morgan fingerprint density at radius 2 is 1.43 bits per heavy atom. The summed E-state index contributed by atoms with van der Waals surface area (Å²) >= 11 is 0. The number of hydrogen-bond acceptors (Lipinski definition) is 2. The number of nitrogens with zero attached hydrogens (tertiary/aromatic N) is 1. The first-order chi connectivity index (χ1) is 6.41. The molecule has 0 atom stereocenters. The fourth-order valence-electron chi connectivity index (χ4n) is 1.51. The van der Waals surface area contributed by atoms with E-state index >= 15 is 0 Å². The summed E-state index contributed by atoms with van der Waals surface area (Å²) in [6.07, 6.45) is 2.62. The molecule has 3 heteroatoms. The van der Waals surface area contributed by atoms with Crippen molar-refractivity contribution in [2.45, 2.75) is 40.5 Å². The van der Waals surface area contributed by atoms with Crippen LogP contribution < -0.4 is 5.11 Å². The van der Waals surface area contributed by atoms with Crippen molar-refractivity contribution >= 4 is 5.97 Å². The minimum atomic E-state index is -1.08. The van der Waals surface area contributed by atoms with Gasteiger partial charge in [-0.25, -0.2) is 0 Å². The highest BCUT2D eigenvalue weighted by Gasteiger charge is 2.15. The SMILES string of the molecule is CC(=O)[O-].CCC[N+](C)(CC)CCC. The van der Waals surface area contributed by atoms with Gasteiger partial charge in [-0.2, -0.15) is 0 Å². The van der Waals surface area contributed by atoms with E-state index in [0.29, 0.717) is 0 Å². The monoisotopic (exact) mass is 203 g/mol. The molecule has 0 aliphatic heterocycles. The molecule has 14 heavy (non-hydrogen) atoms. The topological polar surface area (TPSA) is 40.1 Å². The number of carbonyl (C=O) groups is 1. The van der Waals surface area contributed by atoms with Crippen LogP contribution in [0.25, 0.3) is 0 Å². The van der Waals surface area contributed by atoms with Gasteiger partial charge in [-0.1, -0.05) is 13.8 Å². The molecule has 0 heterocycles. The molecule has 0 N–H and O–H groups in total. The first-order valence-electron chi connectivity index (χ1n) is 5.43. The van der Waals surface area contributed by atoms with Gasteiger partial charge >= 0.3 is 0 Å². The van der Waals surface area contributed by atoms with E-state index in [0.717, 1.165) is 6.92 Å². The summed E-state index contributed by atoms with van der Waals surface area (Å²) < 4.78 is 1.26. The zero-order valence-corrected chi connectivity index (χ0v) is 10.3. The molecule has 0 aliphatic rings. The zero-order chi connectivity index (χ0) is 11.6. The lowest BCUT2D eigenvalue weighted by molar-refractivity contribution is -0.907. The van der Waals surface area contributed by atoms with Crippen molar-refractivity contribution in [2.75, 3.05) is 26.7 Å². The van der Waals surface area contributed by atoms with Gasteiger partial charge in [0.15, 0.2) is 0 Å². The largest absolute Gasteiger partial charge is 0.550 e. The Bertz CT molecular complexity index is 136. The summed E-state index contributed by atoms with van der Waals surface area (Å²) in [4.78, 5) is 8.89. The van der Waals surface area contributed by atoms with E-state index < -0.39 is 5.97 Å². The highest BCUT2D eigenvalue weighted by atomic mass is 16.4. The summed E-state index contributed by atoms with van der Waals surface area (Å²) in [7, 11) is 2.35. The Kier molecular flexibility index (Phi) is 10.2. The minimum Gasteiger partial charge on any atom is -0.550 e. The van der Waals surface area contributed by atoms with Gasteiger partial charge < -0.3 is 14.4 Å². The van der Waals surface area contributed by atoms with Crippen molar-refractivity contribution in [3.8, 4) is 0 Å². The van der Waals surface area contributed by atoms with Crippen LogP contribution in [0, 0.1) is 0 Å². The first kappa shape index (κ1) is 15.9. The first-order valence-corrected chi connectivity index (χ1v) is 5.43. The normalized spacial score (nSPS) is 10.4. The van der Waals surface area contributed by atoms with Crippen molar-refractivity contribution in [1.29, 1.82) is 0 Å². The molecular weight excluding hydrogens is 178 g/mol. The lowest BCUT2D eigenvalue weighted by Gasteiger charge is -2.32. The third-order valence-electron chi connectivity index (χ3n) is 2.29. The van der Waals surface area contributed by atoms with E-state index in [1.807, 2.05) is 0 Å². The number of carbonyl (C=O) groups excluding carboxylic acids is 1. The highest BCUT2D eigenvalue weighted by Crippen LogP contribution is 2.04. The summed E-state index contributed by atoms with van der Waals surface area (Å²) in [5, 5.41) is 8.89. The van der Waals surface area contributed by atoms with Crippen molar-refractivity contribution in [3.05, 3.63) is 0 Å². The van der Waals surface area contributed by atoms with Gasteiger partial charge in [0.1, 0.15) is 0 Å². The molecule has 0 aliphatic carbocycles. The fraction of sp³-hybridized carbons (Fsp3) is 0.909. The lowest BCUT2D eigenvalue weighted by atomic mass is 10.3. The summed E-state index contributed by atoms with van der Waals surface area (Å²) in [6, 6.07) is 0. The Morgan fingerprint density at radius 3 is 1.57 bits per heavy atom. The molecule has 0 saturated heterocycles. The molecule has 0 bridgehead atoms. The van der Waals surface area contributed by atoms with Gasteiger partial charge in [-0.05, 0) is 26.7 Å². The van der Waals surface area contributed by atoms with Crippen LogP contribution >= 0.6 is 0 Å². The maximum atomic E-state index is 8.89. The average Bonchev–Trinajstić information content (AvgIpc) is 2.04. The van der Waals surface area contributed by atoms with Crippen LogP contribution in [-0.4, -0.2) is 37.1 Å². The molecule has 0 spiro atoms. The van der Waals surface area contributed by atoms with Crippen LogP contribution in [0.2, 0.25) is 0 Å². The van der Waals surface area contributed by atoms with Gasteiger partial charge in [0, 0.05) is 5.97 Å². The molecule has 86 valence electrons. The molecule has 0 aromatic heterocycles. The second kappa shape index (κ2) is 9.00. The Balaban J connectivity index is 0. The van der Waals surface area contributed by atoms with Gasteiger partial charge in [-0.15, -0.1) is 0 Å². The summed E-state index contributed by atoms with van der Waals surface area (Å²) in [5.74, 6) is -1.08. The number of carboxylic acids is 1. The van der Waals surface area contributed by atoms with Crippen LogP contribution in [0.3, 0.4) is 0 Å². The summed E-state index contributed by atoms with van der Waals surface area (Å²) in [5.41, 5.74) is 0. The predicted molar refractivity (Wildman–Crippen MR) is 57.7 cm³/mol. The second-order valence-electron chi connectivity index (χ2n) is 3.87. The third kappa shape index (κ3) is 11.4. The molecule has 0 saturated carbocycles. The van der Waals surface area contributed by atoms with Gasteiger partial charge in [0.25, 0.3) is 0 Å². The van der Waals surface area contributed by atoms with E-state index in [2.05, 4.69) is 27.8 Å². The lowest BCUT2D eigenvalue weighted by Crippen LogP contribution is -2.44. The van der Waals surface area contributed by atoms with Crippen molar-refractivity contribution in [1.82, 2.24) is 0 Å². The maximum Gasteiger partial charge on any atom is 0.0781 e. The molecule has 3 nitrogen and oxygen atoms in total. The van der Waals surface area contributed by atoms with Crippen LogP contribution in [0.4, 0.5) is 0 Å². The predicted octanol–water partition coefficient (Wildman–Crippen LogP) is 1.03. The molecule has 0 fully saturated rings. The highest BCUT2D eigenvalue weighted by molar-refractivity contribution is 5.60. The number of rotatable bonds is 5. The van der Waals surface area contributed by atoms with Crippen molar-refractivity contribution in [3.63, 3.8) is 0 Å². The zero-order valence-electron chi connectivity index (χ0n) is 10.3. The number of quaternary nitrogens is 1. The fourth-order valence-corrected chi connectivity index (χ4v) is 1.51. The van der Waals surface area contributed by atoms with Crippen LogP contribution in [0.15, 0.2) is 0 Å². The maximum absolute atomic E-state index is 8.89. The van der Waals surface area contributed by atoms with Crippen LogP contribution in [0.1, 0.15) is 40.5 Å². The molecule has 0 amide bonds. The van der Waals surface area contributed by atoms with Gasteiger partial charge in [-0.3, -0.25) is 0 Å². The number of aliphatic carboxylic acids is 1. The van der Waals surface area contributed by atoms with Gasteiger partial charge in [0.2, 0.25) is 0 Å². The molecule has 0 aromatic rings. The van der Waals surface area contributed by atoms with Crippen molar-refractivity contribution < 1.29 is 14.4 Å². The quantitative estimate of drug-likeness (QED) is 0.626. The molecule has 0 rings (SSSR count). The third-order valence-corrected chi connectivity index (χ3v) is 2.29. The van der Waals surface area contributed by atoms with E-state index in [1.54, 1.807) is 0 Å². The van der Waals surface area contributed by atoms with E-state index in [-0.39, 0.29) is 0 Å². The summed E-state index contributed by atoms with van der Waals surface area (Å²) in [6.45, 7) is 11.7. The smallest absolute Gasteiger partial charge is 0.0781 e. The van der Waals surface area contributed by atoms with Crippen LogP contribution in [0.5, 0.6) is 0 Å². The Labute approximate surface area is 88.3 Å². The molecule has 0 radical (unpaired) electrons. The molecule has 0 unspecified atom stereocenters. The molecular formula is C11H25NO2. The molecule has 0 aromatic carbocycles. The Morgan fingerprint density at radius 1 is 1.14 bits per heavy atom. The van der Waals surface area contributed by atoms with Gasteiger partial charge in [0.05, 0.1) is 26.7 Å². The van der Waals surface area contributed by atoms with E-state index in [1.165, 1.54) is 37.0 Å². The average molecular weight is 203 g/mol. The van der Waals surface area contributed by atoms with E-state index in [9.17, 15) is 0 Å². The number of carboxylic acid groups (broad SMARTS) is 1. The van der Waals surface area contributed by atoms with E-state index in [4.69, 9.17) is 9.90 Å². The van der Waals surface area contributed by atoms with Crippen LogP contribution in [-0.2, 0) is 4.79 Å².